The van der Waals surface area contributed by atoms with Crippen LogP contribution in [0.3, 0.4) is 0 Å². The van der Waals surface area contributed by atoms with Crippen LogP contribution >= 0.6 is 11.6 Å². The molecule has 4 nitrogen and oxygen atoms in total. The Morgan fingerprint density at radius 3 is 2.67 bits per heavy atom. The van der Waals surface area contributed by atoms with Crippen LogP contribution < -0.4 is 10.5 Å². The van der Waals surface area contributed by atoms with Crippen molar-refractivity contribution in [2.75, 3.05) is 0 Å². The first-order valence-electron chi connectivity index (χ1n) is 8.36. The number of nitrogens with zero attached hydrogens (tertiary/aromatic N) is 1. The molecule has 0 aromatic heterocycles. The molecule has 5 heteroatoms. The third-order valence-electron chi connectivity index (χ3n) is 4.03. The number of benzene rings is 2. The van der Waals surface area contributed by atoms with Crippen LogP contribution in [-0.2, 0) is 11.2 Å². The molecule has 0 aliphatic heterocycles. The van der Waals surface area contributed by atoms with Gasteiger partial charge in [-0.15, -0.1) is 0 Å². The molecular formula is C22H17ClN2O2. The zero-order valence-electron chi connectivity index (χ0n) is 14.4. The van der Waals surface area contributed by atoms with E-state index in [1.54, 1.807) is 48.6 Å². The molecular weight excluding hydrogens is 360 g/mol. The van der Waals surface area contributed by atoms with E-state index in [9.17, 15) is 4.79 Å². The Morgan fingerprint density at radius 1 is 1.15 bits per heavy atom. The molecule has 1 aliphatic rings. The molecule has 1 atom stereocenters. The average molecular weight is 377 g/mol. The first kappa shape index (κ1) is 18.7. The van der Waals surface area contributed by atoms with E-state index < -0.39 is 6.04 Å². The number of ketones is 1. The Kier molecular flexibility index (Phi) is 5.87. The maximum absolute atomic E-state index is 11.8. The fourth-order valence-electron chi connectivity index (χ4n) is 2.56. The Bertz CT molecular complexity index is 982. The van der Waals surface area contributed by atoms with Gasteiger partial charge in [0.15, 0.2) is 5.78 Å². The average Bonchev–Trinajstić information content (AvgIpc) is 2.67. The van der Waals surface area contributed by atoms with Gasteiger partial charge in [0.25, 0.3) is 0 Å². The molecule has 0 radical (unpaired) electrons. The molecule has 0 saturated heterocycles. The van der Waals surface area contributed by atoms with Crippen LogP contribution in [0.5, 0.6) is 11.5 Å². The number of hydrogen-bond acceptors (Lipinski definition) is 4. The molecule has 3 rings (SSSR count). The van der Waals surface area contributed by atoms with Crippen LogP contribution in [0.4, 0.5) is 0 Å². The maximum atomic E-state index is 11.8. The highest BCUT2D eigenvalue weighted by Gasteiger charge is 2.10. The van der Waals surface area contributed by atoms with Crippen molar-refractivity contribution in [2.24, 2.45) is 5.73 Å². The Labute approximate surface area is 162 Å². The number of halogens is 1. The first-order valence-corrected chi connectivity index (χ1v) is 8.74. The van der Waals surface area contributed by atoms with Gasteiger partial charge in [-0.3, -0.25) is 4.79 Å². The third kappa shape index (κ3) is 4.95. The molecule has 1 unspecified atom stereocenters. The summed E-state index contributed by atoms with van der Waals surface area (Å²) in [6, 6.07) is 13.9. The van der Waals surface area contributed by atoms with Gasteiger partial charge in [-0.1, -0.05) is 42.0 Å². The summed E-state index contributed by atoms with van der Waals surface area (Å²) in [6.45, 7) is 0. The second kappa shape index (κ2) is 8.50. The van der Waals surface area contributed by atoms with Gasteiger partial charge in [0.1, 0.15) is 11.5 Å². The van der Waals surface area contributed by atoms with E-state index in [1.807, 2.05) is 18.2 Å². The van der Waals surface area contributed by atoms with E-state index in [4.69, 9.17) is 27.3 Å². The summed E-state index contributed by atoms with van der Waals surface area (Å²) in [5, 5.41) is 9.36. The predicted octanol–water partition coefficient (Wildman–Crippen LogP) is 4.50. The summed E-state index contributed by atoms with van der Waals surface area (Å²) in [7, 11) is 0. The molecule has 0 fully saturated rings. The van der Waals surface area contributed by atoms with Crippen LogP contribution in [0.25, 0.3) is 0 Å². The largest absolute Gasteiger partial charge is 0.456 e. The number of rotatable bonds is 4. The molecule has 27 heavy (non-hydrogen) atoms. The zero-order valence-corrected chi connectivity index (χ0v) is 15.2. The second-order valence-electron chi connectivity index (χ2n) is 6.07. The van der Waals surface area contributed by atoms with Crippen molar-refractivity contribution < 1.29 is 9.53 Å². The maximum Gasteiger partial charge on any atom is 0.176 e. The van der Waals surface area contributed by atoms with Crippen molar-refractivity contribution in [3.05, 3.63) is 94.6 Å². The summed E-state index contributed by atoms with van der Waals surface area (Å²) in [5.41, 5.74) is 8.23. The Balaban J connectivity index is 1.79. The highest BCUT2D eigenvalue weighted by molar-refractivity contribution is 6.32. The molecule has 0 spiro atoms. The van der Waals surface area contributed by atoms with Crippen molar-refractivity contribution in [2.45, 2.75) is 12.5 Å². The normalized spacial score (nSPS) is 20.6. The van der Waals surface area contributed by atoms with Crippen molar-refractivity contribution in [1.82, 2.24) is 0 Å². The molecule has 2 aromatic carbocycles. The zero-order chi connectivity index (χ0) is 19.2. The van der Waals surface area contributed by atoms with Crippen LogP contribution in [0.15, 0.2) is 78.4 Å². The molecule has 0 saturated carbocycles. The lowest BCUT2D eigenvalue weighted by molar-refractivity contribution is -0.114. The fraction of sp³-hybridized carbons (Fsp3) is 0.0909. The Hall–Kier alpha value is -3.13. The lowest BCUT2D eigenvalue weighted by Crippen LogP contribution is -2.26. The van der Waals surface area contributed by atoms with E-state index in [0.717, 1.165) is 11.1 Å². The number of nitriles is 1. The number of allylic oxidation sites excluding steroid dienone is 4. The van der Waals surface area contributed by atoms with Gasteiger partial charge in [0.2, 0.25) is 0 Å². The lowest BCUT2D eigenvalue weighted by Gasteiger charge is -2.11. The van der Waals surface area contributed by atoms with Crippen LogP contribution in [0.2, 0.25) is 5.02 Å². The minimum atomic E-state index is -0.595. The number of hydrogen-bond donors (Lipinski definition) is 1. The van der Waals surface area contributed by atoms with E-state index in [1.165, 1.54) is 6.08 Å². The van der Waals surface area contributed by atoms with Gasteiger partial charge in [0.05, 0.1) is 22.7 Å². The molecule has 134 valence electrons. The SMILES string of the molecule is N#Cc1ccc(Oc2cc(CC3=C\C=C\C(N)C(=O)\C=C\3)ccc2Cl)cc1. The first-order chi connectivity index (χ1) is 13.0. The van der Waals surface area contributed by atoms with Gasteiger partial charge in [0, 0.05) is 0 Å². The molecule has 2 aromatic rings. The van der Waals surface area contributed by atoms with Crippen molar-refractivity contribution in [3.8, 4) is 17.6 Å². The minimum absolute atomic E-state index is 0.127. The summed E-state index contributed by atoms with van der Waals surface area (Å²) in [5.74, 6) is 1.00. The number of nitrogens with two attached hydrogens (primary N) is 1. The summed E-state index contributed by atoms with van der Waals surface area (Å²) < 4.78 is 5.85. The number of carbonyl (C=O) groups excluding carboxylic acids is 1. The number of ether oxygens (including phenoxy) is 1. The van der Waals surface area contributed by atoms with Gasteiger partial charge in [-0.05, 0) is 60.0 Å². The van der Waals surface area contributed by atoms with Gasteiger partial charge < -0.3 is 10.5 Å². The molecule has 1 aliphatic carbocycles. The monoisotopic (exact) mass is 376 g/mol. The van der Waals surface area contributed by atoms with Crippen LogP contribution in [0.1, 0.15) is 11.1 Å². The quantitative estimate of drug-likeness (QED) is 0.852. The van der Waals surface area contributed by atoms with E-state index in [0.29, 0.717) is 28.5 Å². The van der Waals surface area contributed by atoms with Gasteiger partial charge in [-0.25, -0.2) is 0 Å². The van der Waals surface area contributed by atoms with Crippen molar-refractivity contribution in [3.63, 3.8) is 0 Å². The fourth-order valence-corrected chi connectivity index (χ4v) is 2.72. The predicted molar refractivity (Wildman–Crippen MR) is 106 cm³/mol. The van der Waals surface area contributed by atoms with Crippen molar-refractivity contribution in [1.29, 1.82) is 5.26 Å². The van der Waals surface area contributed by atoms with E-state index >= 15 is 0 Å². The Morgan fingerprint density at radius 2 is 1.93 bits per heavy atom. The standard InChI is InChI=1S/C22H17ClN2O2/c23-19-10-6-17(12-15-2-1-3-20(25)21(26)11-7-15)13-22(19)27-18-8-4-16(14-24)5-9-18/h1-11,13,20H,12,25H2/b3-1+,11-7+,15-2-. The summed E-state index contributed by atoms with van der Waals surface area (Å²) in [4.78, 5) is 11.8. The lowest BCUT2D eigenvalue weighted by atomic mass is 10.0. The molecule has 2 N–H and O–H groups in total. The van der Waals surface area contributed by atoms with E-state index in [2.05, 4.69) is 6.07 Å². The summed E-state index contributed by atoms with van der Waals surface area (Å²) in [6.07, 6.45) is 9.30. The summed E-state index contributed by atoms with van der Waals surface area (Å²) >= 11 is 6.25. The molecule has 0 amide bonds. The van der Waals surface area contributed by atoms with Crippen LogP contribution in [0, 0.1) is 11.3 Å². The molecule has 0 heterocycles. The molecule has 0 bridgehead atoms. The van der Waals surface area contributed by atoms with Gasteiger partial charge >= 0.3 is 0 Å². The minimum Gasteiger partial charge on any atom is -0.456 e. The van der Waals surface area contributed by atoms with E-state index in [-0.39, 0.29) is 5.78 Å². The third-order valence-corrected chi connectivity index (χ3v) is 4.35. The topological polar surface area (TPSA) is 76.1 Å². The smallest absolute Gasteiger partial charge is 0.176 e. The second-order valence-corrected chi connectivity index (χ2v) is 6.47. The highest BCUT2D eigenvalue weighted by Crippen LogP contribution is 2.31. The highest BCUT2D eigenvalue weighted by atomic mass is 35.5. The number of carbonyl (C=O) groups is 1. The van der Waals surface area contributed by atoms with Crippen LogP contribution in [-0.4, -0.2) is 11.8 Å². The van der Waals surface area contributed by atoms with Gasteiger partial charge in [-0.2, -0.15) is 5.26 Å². The van der Waals surface area contributed by atoms with Crippen molar-refractivity contribution >= 4 is 17.4 Å².